The van der Waals surface area contributed by atoms with Gasteiger partial charge in [0.15, 0.2) is 0 Å². The predicted octanol–water partition coefficient (Wildman–Crippen LogP) is 1.05. The van der Waals surface area contributed by atoms with Gasteiger partial charge in [-0.3, -0.25) is 9.59 Å². The van der Waals surface area contributed by atoms with Gasteiger partial charge in [0.1, 0.15) is 6.54 Å². The second kappa shape index (κ2) is 7.20. The van der Waals surface area contributed by atoms with E-state index in [9.17, 15) is 9.59 Å². The number of amides is 1. The number of nitrogens with one attached hydrogen (secondary N) is 1. The minimum absolute atomic E-state index is 0.126. The zero-order valence-corrected chi connectivity index (χ0v) is 11.3. The fraction of sp³-hybridized carbons (Fsp3) is 0.286. The van der Waals surface area contributed by atoms with Crippen molar-refractivity contribution >= 4 is 23.6 Å². The maximum absolute atomic E-state index is 11.4. The summed E-state index contributed by atoms with van der Waals surface area (Å²) in [7, 11) is 5.20. The van der Waals surface area contributed by atoms with Crippen LogP contribution >= 0.6 is 0 Å². The molecule has 102 valence electrons. The molecular weight excluding hydrogens is 244 g/mol. The van der Waals surface area contributed by atoms with Gasteiger partial charge in [-0.25, -0.2) is 0 Å². The first-order valence-corrected chi connectivity index (χ1v) is 5.83. The van der Waals surface area contributed by atoms with Crippen LogP contribution < -0.4 is 10.2 Å². The molecule has 0 spiro atoms. The monoisotopic (exact) mass is 262 g/mol. The van der Waals surface area contributed by atoms with Crippen molar-refractivity contribution in [1.82, 2.24) is 5.32 Å². The Kier molecular flexibility index (Phi) is 5.60. The highest BCUT2D eigenvalue weighted by atomic mass is 16.5. The van der Waals surface area contributed by atoms with Gasteiger partial charge in [-0.1, -0.05) is 12.1 Å². The number of anilines is 1. The normalized spacial score (nSPS) is 10.3. The SMILES string of the molecule is COC(=O)CNC(=O)/C=C/c1ccc(N(C)C)cc1. The molecule has 19 heavy (non-hydrogen) atoms. The largest absolute Gasteiger partial charge is 0.468 e. The van der Waals surface area contributed by atoms with Crippen LogP contribution in [0.2, 0.25) is 0 Å². The first-order valence-electron chi connectivity index (χ1n) is 5.83. The molecule has 1 aromatic rings. The van der Waals surface area contributed by atoms with E-state index in [-0.39, 0.29) is 12.5 Å². The summed E-state index contributed by atoms with van der Waals surface area (Å²) in [6.07, 6.45) is 3.07. The molecule has 0 aromatic heterocycles. The molecule has 1 rings (SSSR count). The summed E-state index contributed by atoms with van der Waals surface area (Å²) >= 11 is 0. The van der Waals surface area contributed by atoms with E-state index >= 15 is 0 Å². The molecule has 0 atom stereocenters. The Hall–Kier alpha value is -2.30. The molecule has 0 aliphatic rings. The molecule has 1 N–H and O–H groups in total. The van der Waals surface area contributed by atoms with Crippen LogP contribution in [-0.2, 0) is 14.3 Å². The van der Waals surface area contributed by atoms with Crippen LogP contribution in [0.5, 0.6) is 0 Å². The molecule has 0 unspecified atom stereocenters. The van der Waals surface area contributed by atoms with Gasteiger partial charge in [-0.05, 0) is 23.8 Å². The lowest BCUT2D eigenvalue weighted by Gasteiger charge is -2.11. The Balaban J connectivity index is 2.51. The quantitative estimate of drug-likeness (QED) is 0.636. The molecule has 0 radical (unpaired) electrons. The maximum atomic E-state index is 11.4. The highest BCUT2D eigenvalue weighted by Gasteiger charge is 2.01. The summed E-state index contributed by atoms with van der Waals surface area (Å²) < 4.78 is 4.42. The lowest BCUT2D eigenvalue weighted by Crippen LogP contribution is -2.28. The topological polar surface area (TPSA) is 58.6 Å². The number of hydrogen-bond donors (Lipinski definition) is 1. The van der Waals surface area contributed by atoms with Crippen LogP contribution in [0.15, 0.2) is 30.3 Å². The van der Waals surface area contributed by atoms with Crippen LogP contribution in [0.25, 0.3) is 6.08 Å². The number of esters is 1. The number of hydrogen-bond acceptors (Lipinski definition) is 4. The molecule has 5 nitrogen and oxygen atoms in total. The third-order valence-corrected chi connectivity index (χ3v) is 2.47. The first-order chi connectivity index (χ1) is 9.02. The van der Waals surface area contributed by atoms with Gasteiger partial charge in [-0.15, -0.1) is 0 Å². The Morgan fingerprint density at radius 2 is 1.89 bits per heavy atom. The molecule has 0 heterocycles. The van der Waals surface area contributed by atoms with Crippen molar-refractivity contribution in [3.05, 3.63) is 35.9 Å². The minimum atomic E-state index is -0.475. The predicted molar refractivity (Wildman–Crippen MR) is 74.8 cm³/mol. The molecule has 0 saturated heterocycles. The van der Waals surface area contributed by atoms with E-state index in [1.807, 2.05) is 43.3 Å². The Morgan fingerprint density at radius 1 is 1.26 bits per heavy atom. The van der Waals surface area contributed by atoms with Gasteiger partial charge in [0.25, 0.3) is 0 Å². The molecule has 0 bridgehead atoms. The lowest BCUT2D eigenvalue weighted by molar-refractivity contribution is -0.140. The van der Waals surface area contributed by atoms with E-state index in [0.717, 1.165) is 11.3 Å². The third-order valence-electron chi connectivity index (χ3n) is 2.47. The molecule has 0 saturated carbocycles. The first kappa shape index (κ1) is 14.8. The summed E-state index contributed by atoms with van der Waals surface area (Å²) in [5.41, 5.74) is 2.01. The summed E-state index contributed by atoms with van der Waals surface area (Å²) in [5, 5.41) is 2.42. The van der Waals surface area contributed by atoms with Gasteiger partial charge < -0.3 is 15.0 Å². The molecule has 0 aliphatic carbocycles. The van der Waals surface area contributed by atoms with E-state index in [4.69, 9.17) is 0 Å². The lowest BCUT2D eigenvalue weighted by atomic mass is 10.2. The van der Waals surface area contributed by atoms with Gasteiger partial charge in [0.2, 0.25) is 5.91 Å². The maximum Gasteiger partial charge on any atom is 0.325 e. The van der Waals surface area contributed by atoms with Crippen molar-refractivity contribution in [3.8, 4) is 0 Å². The molecule has 1 amide bonds. The Labute approximate surface area is 112 Å². The van der Waals surface area contributed by atoms with Crippen LogP contribution in [0.1, 0.15) is 5.56 Å². The van der Waals surface area contributed by atoms with Gasteiger partial charge in [-0.2, -0.15) is 0 Å². The van der Waals surface area contributed by atoms with Crippen molar-refractivity contribution in [2.45, 2.75) is 0 Å². The van der Waals surface area contributed by atoms with E-state index in [2.05, 4.69) is 10.1 Å². The van der Waals surface area contributed by atoms with Crippen molar-refractivity contribution in [3.63, 3.8) is 0 Å². The van der Waals surface area contributed by atoms with Gasteiger partial charge in [0.05, 0.1) is 7.11 Å². The van der Waals surface area contributed by atoms with Crippen LogP contribution in [0, 0.1) is 0 Å². The van der Waals surface area contributed by atoms with E-state index in [1.54, 1.807) is 6.08 Å². The number of rotatable bonds is 5. The van der Waals surface area contributed by atoms with Crippen molar-refractivity contribution in [2.75, 3.05) is 32.6 Å². The van der Waals surface area contributed by atoms with Crippen LogP contribution in [0.4, 0.5) is 5.69 Å². The smallest absolute Gasteiger partial charge is 0.325 e. The highest BCUT2D eigenvalue weighted by molar-refractivity contribution is 5.93. The average molecular weight is 262 g/mol. The summed E-state index contributed by atoms with van der Waals surface area (Å²) in [6, 6.07) is 7.76. The minimum Gasteiger partial charge on any atom is -0.468 e. The second-order valence-corrected chi connectivity index (χ2v) is 4.11. The molecule has 5 heteroatoms. The summed E-state index contributed by atoms with van der Waals surface area (Å²) in [5.74, 6) is -0.806. The number of carbonyl (C=O) groups excluding carboxylic acids is 2. The van der Waals surface area contributed by atoms with Crippen molar-refractivity contribution in [2.24, 2.45) is 0 Å². The zero-order chi connectivity index (χ0) is 14.3. The molecule has 0 aliphatic heterocycles. The number of nitrogens with zero attached hydrogens (tertiary/aromatic N) is 1. The standard InChI is InChI=1S/C14H18N2O3/c1-16(2)12-7-4-11(5-8-12)6-9-13(17)15-10-14(18)19-3/h4-9H,10H2,1-3H3,(H,15,17)/b9-6+. The van der Waals surface area contributed by atoms with E-state index < -0.39 is 5.97 Å². The summed E-state index contributed by atoms with van der Waals surface area (Å²) in [6.45, 7) is -0.126. The van der Waals surface area contributed by atoms with Crippen LogP contribution in [-0.4, -0.2) is 39.6 Å². The second-order valence-electron chi connectivity index (χ2n) is 4.11. The van der Waals surface area contributed by atoms with Gasteiger partial charge in [0, 0.05) is 25.9 Å². The molecule has 1 aromatic carbocycles. The highest BCUT2D eigenvalue weighted by Crippen LogP contribution is 2.12. The number of methoxy groups -OCH3 is 1. The van der Waals surface area contributed by atoms with Crippen molar-refractivity contribution < 1.29 is 14.3 Å². The van der Waals surface area contributed by atoms with Crippen LogP contribution in [0.3, 0.4) is 0 Å². The van der Waals surface area contributed by atoms with E-state index in [1.165, 1.54) is 13.2 Å². The van der Waals surface area contributed by atoms with E-state index in [0.29, 0.717) is 0 Å². The Morgan fingerprint density at radius 3 is 2.42 bits per heavy atom. The Bertz CT molecular complexity index is 464. The number of benzene rings is 1. The van der Waals surface area contributed by atoms with Crippen molar-refractivity contribution in [1.29, 1.82) is 0 Å². The number of ether oxygens (including phenoxy) is 1. The van der Waals surface area contributed by atoms with Gasteiger partial charge >= 0.3 is 5.97 Å². The third kappa shape index (κ3) is 5.25. The molecule has 0 fully saturated rings. The fourth-order valence-electron chi connectivity index (χ4n) is 1.35. The molecular formula is C14H18N2O3. The summed E-state index contributed by atoms with van der Waals surface area (Å²) in [4.78, 5) is 24.2. The number of carbonyl (C=O) groups is 2. The fourth-order valence-corrected chi connectivity index (χ4v) is 1.35. The zero-order valence-electron chi connectivity index (χ0n) is 11.3. The average Bonchev–Trinajstić information content (AvgIpc) is 2.42.